The Kier molecular flexibility index (Phi) is 6.42. The van der Waals surface area contributed by atoms with Gasteiger partial charge < -0.3 is 14.7 Å². The number of benzene rings is 3. The number of rotatable bonds is 7. The summed E-state index contributed by atoms with van der Waals surface area (Å²) >= 11 is 8.14. The third kappa shape index (κ3) is 4.79. The molecule has 1 saturated heterocycles. The molecule has 0 spiro atoms. The molecule has 170 valence electrons. The normalized spacial score (nSPS) is 20.3. The maximum atomic E-state index is 10.0. The molecule has 0 aromatic heterocycles. The average molecular weight is 478 g/mol. The van der Waals surface area contributed by atoms with Crippen molar-refractivity contribution in [1.29, 1.82) is 0 Å². The third-order valence-corrected chi connectivity index (χ3v) is 8.16. The van der Waals surface area contributed by atoms with E-state index in [4.69, 9.17) is 16.3 Å². The highest BCUT2D eigenvalue weighted by molar-refractivity contribution is 8.00. The molecular formula is C28H28ClNO2S. The smallest absolute Gasteiger partial charge is 0.141 e. The van der Waals surface area contributed by atoms with Crippen molar-refractivity contribution in [3.05, 3.63) is 95.0 Å². The Morgan fingerprint density at radius 1 is 1.12 bits per heavy atom. The van der Waals surface area contributed by atoms with Crippen LogP contribution in [0.3, 0.4) is 0 Å². The zero-order valence-corrected chi connectivity index (χ0v) is 20.3. The predicted molar refractivity (Wildman–Crippen MR) is 137 cm³/mol. The van der Waals surface area contributed by atoms with Gasteiger partial charge in [-0.3, -0.25) is 0 Å². The van der Waals surface area contributed by atoms with E-state index in [1.165, 1.54) is 18.7 Å². The second kappa shape index (κ2) is 9.46. The molecule has 0 aliphatic carbocycles. The molecule has 3 aromatic carbocycles. The zero-order chi connectivity index (χ0) is 22.9. The Hall–Kier alpha value is -2.40. The van der Waals surface area contributed by atoms with Crippen molar-refractivity contribution in [2.75, 3.05) is 19.6 Å². The molecule has 2 unspecified atom stereocenters. The van der Waals surface area contributed by atoms with Crippen molar-refractivity contribution in [1.82, 2.24) is 4.90 Å². The molecule has 0 bridgehead atoms. The van der Waals surface area contributed by atoms with Crippen molar-refractivity contribution in [2.24, 2.45) is 5.92 Å². The largest absolute Gasteiger partial charge is 0.508 e. The Morgan fingerprint density at radius 3 is 2.61 bits per heavy atom. The maximum absolute atomic E-state index is 10.0. The van der Waals surface area contributed by atoms with Gasteiger partial charge in [-0.25, -0.2) is 0 Å². The minimum absolute atomic E-state index is 0.0465. The topological polar surface area (TPSA) is 32.7 Å². The van der Waals surface area contributed by atoms with Crippen LogP contribution in [0.5, 0.6) is 11.5 Å². The number of likely N-dealkylation sites (tertiary alicyclic amines) is 1. The molecule has 1 fully saturated rings. The average Bonchev–Trinajstić information content (AvgIpc) is 3.14. The van der Waals surface area contributed by atoms with Gasteiger partial charge in [0.15, 0.2) is 0 Å². The van der Waals surface area contributed by atoms with Crippen LogP contribution in [-0.2, 0) is 6.42 Å². The number of aromatic hydroxyl groups is 1. The number of fused-ring (bicyclic) bond motifs is 1. The third-order valence-electron chi connectivity index (χ3n) is 6.44. The number of phenols is 1. The van der Waals surface area contributed by atoms with Crippen LogP contribution in [0.4, 0.5) is 0 Å². The highest BCUT2D eigenvalue weighted by atomic mass is 35.5. The molecule has 0 radical (unpaired) electrons. The fourth-order valence-electron chi connectivity index (χ4n) is 4.66. The molecule has 5 rings (SSSR count). The number of halogens is 1. The summed E-state index contributed by atoms with van der Waals surface area (Å²) in [6.07, 6.45) is 0.836. The van der Waals surface area contributed by atoms with Crippen molar-refractivity contribution >= 4 is 28.9 Å². The number of ether oxygens (including phenoxy) is 1. The second-order valence-electron chi connectivity index (χ2n) is 9.06. The van der Waals surface area contributed by atoms with Gasteiger partial charge in [0, 0.05) is 35.1 Å². The van der Waals surface area contributed by atoms with E-state index < -0.39 is 0 Å². The lowest BCUT2D eigenvalue weighted by Crippen LogP contribution is -2.45. The molecule has 0 amide bonds. The number of hydrogen-bond acceptors (Lipinski definition) is 4. The van der Waals surface area contributed by atoms with Crippen molar-refractivity contribution in [3.63, 3.8) is 0 Å². The molecule has 2 atom stereocenters. The first-order chi connectivity index (χ1) is 16.0. The molecule has 0 saturated carbocycles. The van der Waals surface area contributed by atoms with E-state index in [1.54, 1.807) is 23.9 Å². The predicted octanol–water partition coefficient (Wildman–Crippen LogP) is 6.85. The molecule has 3 nitrogen and oxygen atoms in total. The van der Waals surface area contributed by atoms with Crippen LogP contribution in [0.2, 0.25) is 5.02 Å². The van der Waals surface area contributed by atoms with E-state index in [2.05, 4.69) is 42.7 Å². The van der Waals surface area contributed by atoms with Crippen LogP contribution >= 0.6 is 23.4 Å². The molecule has 2 aliphatic heterocycles. The standard InChI is InChI=1S/C28H28ClNO2S/c1-18-16-30(17-18)14-13-20-7-10-22(11-8-20)32-27-24-12-9-21(31)15-26(24)33-28(27)19(2)23-5-3-4-6-25(23)29/h3-12,15,18,27-28,31H,2,13-14,16-17H2,1H3. The molecule has 1 N–H and O–H groups in total. The summed E-state index contributed by atoms with van der Waals surface area (Å²) in [6.45, 7) is 10.2. The lowest BCUT2D eigenvalue weighted by atomic mass is 9.97. The molecule has 33 heavy (non-hydrogen) atoms. The van der Waals surface area contributed by atoms with E-state index in [0.29, 0.717) is 5.02 Å². The van der Waals surface area contributed by atoms with Crippen LogP contribution < -0.4 is 4.74 Å². The molecule has 2 aliphatic rings. The Balaban J connectivity index is 1.35. The Bertz CT molecular complexity index is 1160. The van der Waals surface area contributed by atoms with E-state index in [0.717, 1.165) is 46.2 Å². The summed E-state index contributed by atoms with van der Waals surface area (Å²) in [5.74, 6) is 1.92. The maximum Gasteiger partial charge on any atom is 0.141 e. The second-order valence-corrected chi connectivity index (χ2v) is 10.7. The van der Waals surface area contributed by atoms with Gasteiger partial charge in [0.25, 0.3) is 0 Å². The van der Waals surface area contributed by atoms with Gasteiger partial charge in [-0.15, -0.1) is 11.8 Å². The van der Waals surface area contributed by atoms with Crippen LogP contribution in [0, 0.1) is 5.92 Å². The summed E-state index contributed by atoms with van der Waals surface area (Å²) in [4.78, 5) is 3.51. The van der Waals surface area contributed by atoms with Gasteiger partial charge in [-0.2, -0.15) is 0 Å². The van der Waals surface area contributed by atoms with Crippen molar-refractivity contribution in [2.45, 2.75) is 29.6 Å². The fourth-order valence-corrected chi connectivity index (χ4v) is 6.29. The number of hydrogen-bond donors (Lipinski definition) is 1. The summed E-state index contributed by atoms with van der Waals surface area (Å²) in [7, 11) is 0. The number of phenolic OH excluding ortho intramolecular Hbond substituents is 1. The quantitative estimate of drug-likeness (QED) is 0.403. The highest BCUT2D eigenvalue weighted by Gasteiger charge is 2.38. The number of nitrogens with zero attached hydrogens (tertiary/aromatic N) is 1. The van der Waals surface area contributed by atoms with Gasteiger partial charge in [0.05, 0.1) is 5.25 Å². The van der Waals surface area contributed by atoms with Gasteiger partial charge in [0.2, 0.25) is 0 Å². The van der Waals surface area contributed by atoms with Crippen molar-refractivity contribution < 1.29 is 9.84 Å². The minimum Gasteiger partial charge on any atom is -0.508 e. The SMILES string of the molecule is C=C(c1ccccc1Cl)C1Sc2cc(O)ccc2C1Oc1ccc(CCN2CC(C)C2)cc1. The van der Waals surface area contributed by atoms with Crippen LogP contribution in [-0.4, -0.2) is 34.9 Å². The summed E-state index contributed by atoms with van der Waals surface area (Å²) < 4.78 is 6.55. The lowest BCUT2D eigenvalue weighted by molar-refractivity contribution is 0.115. The summed E-state index contributed by atoms with van der Waals surface area (Å²) in [6, 6.07) is 21.7. The van der Waals surface area contributed by atoms with Crippen LogP contribution in [0.25, 0.3) is 5.57 Å². The van der Waals surface area contributed by atoms with Gasteiger partial charge in [-0.05, 0) is 59.4 Å². The molecule has 5 heteroatoms. The van der Waals surface area contributed by atoms with E-state index in [-0.39, 0.29) is 17.1 Å². The zero-order valence-electron chi connectivity index (χ0n) is 18.7. The van der Waals surface area contributed by atoms with Crippen molar-refractivity contribution in [3.8, 4) is 11.5 Å². The summed E-state index contributed by atoms with van der Waals surface area (Å²) in [5, 5.41) is 10.6. The molecule has 3 aromatic rings. The van der Waals surface area contributed by atoms with Crippen LogP contribution in [0.15, 0.2) is 78.2 Å². The van der Waals surface area contributed by atoms with Crippen LogP contribution in [0.1, 0.15) is 29.7 Å². The highest BCUT2D eigenvalue weighted by Crippen LogP contribution is 2.52. The molecule has 2 heterocycles. The van der Waals surface area contributed by atoms with E-state index in [1.807, 2.05) is 30.3 Å². The Morgan fingerprint density at radius 2 is 1.88 bits per heavy atom. The number of thioether (sulfide) groups is 1. The van der Waals surface area contributed by atoms with Gasteiger partial charge >= 0.3 is 0 Å². The van der Waals surface area contributed by atoms with E-state index in [9.17, 15) is 5.11 Å². The monoisotopic (exact) mass is 477 g/mol. The van der Waals surface area contributed by atoms with Gasteiger partial charge in [0.1, 0.15) is 17.6 Å². The minimum atomic E-state index is -0.220. The first-order valence-electron chi connectivity index (χ1n) is 11.4. The lowest BCUT2D eigenvalue weighted by Gasteiger charge is -2.37. The van der Waals surface area contributed by atoms with E-state index >= 15 is 0 Å². The first kappa shape index (κ1) is 22.4. The first-order valence-corrected chi connectivity index (χ1v) is 12.6. The Labute approximate surface area is 205 Å². The molecular weight excluding hydrogens is 450 g/mol. The summed E-state index contributed by atoms with van der Waals surface area (Å²) in [5.41, 5.74) is 4.24. The fraction of sp³-hybridized carbons (Fsp3) is 0.286. The van der Waals surface area contributed by atoms with Gasteiger partial charge in [-0.1, -0.05) is 61.5 Å².